The second kappa shape index (κ2) is 47.1. The van der Waals surface area contributed by atoms with E-state index in [0.717, 1.165) is 64.2 Å². The summed E-state index contributed by atoms with van der Waals surface area (Å²) in [5.74, 6) is -0.533. The van der Waals surface area contributed by atoms with Gasteiger partial charge in [-0.15, -0.1) is 0 Å². The van der Waals surface area contributed by atoms with Crippen LogP contribution in [0, 0.1) is 0 Å². The second-order valence-electron chi connectivity index (χ2n) is 17.6. The highest BCUT2D eigenvalue weighted by atomic mass is 16.5. The number of ether oxygens (including phenoxy) is 1. The molecule has 0 aliphatic heterocycles. The number of rotatable bonds is 46. The monoisotopic (exact) mass is 830 g/mol. The zero-order chi connectivity index (χ0) is 43.1. The maximum Gasteiger partial charge on any atom is 0.306 e. The number of aliphatic hydroxyl groups excluding tert-OH is 2. The van der Waals surface area contributed by atoms with Gasteiger partial charge < -0.3 is 20.3 Å². The third-order valence-electron chi connectivity index (χ3n) is 11.7. The number of hydrogen-bond donors (Lipinski definition) is 3. The van der Waals surface area contributed by atoms with Gasteiger partial charge in [-0.3, -0.25) is 9.59 Å². The molecule has 0 saturated heterocycles. The Kier molecular flexibility index (Phi) is 45.6. The van der Waals surface area contributed by atoms with E-state index in [0.29, 0.717) is 19.3 Å². The molecule has 0 radical (unpaired) electrons. The van der Waals surface area contributed by atoms with E-state index in [9.17, 15) is 19.8 Å². The maximum absolute atomic E-state index is 13.2. The van der Waals surface area contributed by atoms with Crippen molar-refractivity contribution in [3.63, 3.8) is 0 Å². The van der Waals surface area contributed by atoms with Crippen LogP contribution in [0.1, 0.15) is 265 Å². The fourth-order valence-electron chi connectivity index (χ4n) is 7.77. The van der Waals surface area contributed by atoms with Crippen LogP contribution in [0.2, 0.25) is 0 Å². The highest BCUT2D eigenvalue weighted by molar-refractivity contribution is 5.77. The summed E-state index contributed by atoms with van der Waals surface area (Å²) in [5, 5.41) is 23.7. The molecule has 6 heteroatoms. The van der Waals surface area contributed by atoms with Crippen LogP contribution in [0.4, 0.5) is 0 Å². The predicted molar refractivity (Wildman–Crippen MR) is 255 cm³/mol. The van der Waals surface area contributed by atoms with E-state index in [2.05, 4.69) is 62.5 Å². The first kappa shape index (κ1) is 57.1. The van der Waals surface area contributed by atoms with Gasteiger partial charge in [-0.25, -0.2) is 0 Å². The fourth-order valence-corrected chi connectivity index (χ4v) is 7.77. The lowest BCUT2D eigenvalue weighted by Gasteiger charge is -2.24. The van der Waals surface area contributed by atoms with Crippen molar-refractivity contribution in [1.82, 2.24) is 5.32 Å². The summed E-state index contributed by atoms with van der Waals surface area (Å²) >= 11 is 0. The molecule has 0 bridgehead atoms. The highest BCUT2D eigenvalue weighted by Crippen LogP contribution is 2.17. The van der Waals surface area contributed by atoms with Crippen LogP contribution in [0.5, 0.6) is 0 Å². The normalized spacial score (nSPS) is 13.5. The van der Waals surface area contributed by atoms with Crippen molar-refractivity contribution in [3.05, 3.63) is 36.5 Å². The Bertz CT molecular complexity index is 977. The first-order valence-electron chi connectivity index (χ1n) is 25.7. The summed E-state index contributed by atoms with van der Waals surface area (Å²) < 4.78 is 5.90. The van der Waals surface area contributed by atoms with Crippen LogP contribution in [-0.2, 0) is 14.3 Å². The molecule has 0 spiro atoms. The molecule has 0 rings (SSSR count). The molecule has 0 saturated carbocycles. The van der Waals surface area contributed by atoms with Crippen LogP contribution in [0.25, 0.3) is 0 Å². The largest absolute Gasteiger partial charge is 0.462 e. The lowest BCUT2D eigenvalue weighted by atomic mass is 10.0. The van der Waals surface area contributed by atoms with Crippen LogP contribution < -0.4 is 5.32 Å². The number of hydrogen-bond acceptors (Lipinski definition) is 5. The van der Waals surface area contributed by atoms with Crippen molar-refractivity contribution in [3.8, 4) is 0 Å². The number of amides is 1. The topological polar surface area (TPSA) is 95.9 Å². The van der Waals surface area contributed by atoms with Crippen molar-refractivity contribution in [2.75, 3.05) is 6.61 Å². The van der Waals surface area contributed by atoms with Gasteiger partial charge in [0.25, 0.3) is 0 Å². The molecule has 0 aliphatic carbocycles. The molecule has 3 atom stereocenters. The number of esters is 1. The molecular formula is C53H99NO5. The van der Waals surface area contributed by atoms with E-state index < -0.39 is 18.2 Å². The summed E-state index contributed by atoms with van der Waals surface area (Å²) in [7, 11) is 0. The number of nitrogens with one attached hydrogen (secondary N) is 1. The molecule has 3 unspecified atom stereocenters. The van der Waals surface area contributed by atoms with Gasteiger partial charge >= 0.3 is 5.97 Å². The highest BCUT2D eigenvalue weighted by Gasteiger charge is 2.24. The Balaban J connectivity index is 4.66. The molecule has 1 amide bonds. The molecule has 59 heavy (non-hydrogen) atoms. The molecule has 0 aromatic carbocycles. The summed E-state index contributed by atoms with van der Waals surface area (Å²) in [6.45, 7) is 6.46. The van der Waals surface area contributed by atoms with E-state index >= 15 is 0 Å². The number of carbonyl (C=O) groups is 2. The van der Waals surface area contributed by atoms with Crippen LogP contribution in [0.3, 0.4) is 0 Å². The molecule has 346 valence electrons. The van der Waals surface area contributed by atoms with Gasteiger partial charge in [-0.05, 0) is 70.6 Å². The van der Waals surface area contributed by atoms with Gasteiger partial charge in [0.05, 0.1) is 25.2 Å². The van der Waals surface area contributed by atoms with Crippen molar-refractivity contribution in [1.29, 1.82) is 0 Å². The SMILES string of the molecule is CCCCCCCCC/C=C\CCCCCC(=O)OC(CCC/C=C/C=C/CCCCCCCCC)CC(=O)NC(CO)C(O)CCCCCCCCCCCCCC. The Morgan fingerprint density at radius 2 is 0.881 bits per heavy atom. The van der Waals surface area contributed by atoms with E-state index in [4.69, 9.17) is 4.74 Å². The number of allylic oxidation sites excluding steroid dienone is 6. The Morgan fingerprint density at radius 3 is 1.34 bits per heavy atom. The molecule has 6 nitrogen and oxygen atoms in total. The first-order chi connectivity index (χ1) is 29.0. The summed E-state index contributed by atoms with van der Waals surface area (Å²) in [6.07, 6.45) is 54.9. The quantitative estimate of drug-likeness (QED) is 0.0246. The van der Waals surface area contributed by atoms with Gasteiger partial charge in [0.2, 0.25) is 5.91 Å². The van der Waals surface area contributed by atoms with Crippen LogP contribution >= 0.6 is 0 Å². The molecule has 0 aliphatic rings. The van der Waals surface area contributed by atoms with E-state index in [1.165, 1.54) is 154 Å². The average molecular weight is 830 g/mol. The van der Waals surface area contributed by atoms with E-state index in [1.807, 2.05) is 0 Å². The van der Waals surface area contributed by atoms with E-state index in [-0.39, 0.29) is 24.9 Å². The van der Waals surface area contributed by atoms with Crippen molar-refractivity contribution in [2.24, 2.45) is 0 Å². The number of aliphatic hydroxyl groups is 2. The van der Waals surface area contributed by atoms with Crippen LogP contribution in [-0.4, -0.2) is 46.9 Å². The molecule has 0 heterocycles. The second-order valence-corrected chi connectivity index (χ2v) is 17.6. The minimum absolute atomic E-state index is 0.0408. The summed E-state index contributed by atoms with van der Waals surface area (Å²) in [6, 6.07) is -0.716. The van der Waals surface area contributed by atoms with Crippen molar-refractivity contribution >= 4 is 11.9 Å². The van der Waals surface area contributed by atoms with Gasteiger partial charge in [-0.2, -0.15) is 0 Å². The number of unbranched alkanes of at least 4 members (excludes halogenated alkanes) is 29. The lowest BCUT2D eigenvalue weighted by Crippen LogP contribution is -2.46. The Labute approximate surface area is 366 Å². The standard InChI is InChI=1S/C53H99NO5/c1-4-7-10-13-16-19-22-25-27-29-32-35-38-41-44-49(59-53(58)46-43-40-37-34-31-28-26-23-20-17-14-11-8-5-2)47-52(57)54-50(48-55)51(56)45-42-39-36-33-30-24-21-18-15-12-9-6-3/h27-29,31-32,35,49-51,55-56H,4-26,30,33-34,36-48H2,1-3H3,(H,54,57)/b29-27+,31-28-,35-32+. The third-order valence-corrected chi connectivity index (χ3v) is 11.7. The van der Waals surface area contributed by atoms with Crippen molar-refractivity contribution in [2.45, 2.75) is 283 Å². The van der Waals surface area contributed by atoms with Gasteiger partial charge in [0.15, 0.2) is 0 Å². The predicted octanol–water partition coefficient (Wildman–Crippen LogP) is 15.3. The van der Waals surface area contributed by atoms with Crippen LogP contribution in [0.15, 0.2) is 36.5 Å². The fraction of sp³-hybridized carbons (Fsp3) is 0.849. The van der Waals surface area contributed by atoms with Gasteiger partial charge in [0, 0.05) is 6.42 Å². The molecular weight excluding hydrogens is 731 g/mol. The molecule has 0 aromatic rings. The van der Waals surface area contributed by atoms with Crippen molar-refractivity contribution < 1.29 is 24.5 Å². The smallest absolute Gasteiger partial charge is 0.306 e. The minimum Gasteiger partial charge on any atom is -0.462 e. The molecule has 0 aromatic heterocycles. The maximum atomic E-state index is 13.2. The lowest BCUT2D eigenvalue weighted by molar-refractivity contribution is -0.151. The molecule has 3 N–H and O–H groups in total. The number of carbonyl (C=O) groups excluding carboxylic acids is 2. The average Bonchev–Trinajstić information content (AvgIpc) is 3.23. The van der Waals surface area contributed by atoms with E-state index in [1.54, 1.807) is 0 Å². The zero-order valence-corrected chi connectivity index (χ0v) is 39.4. The first-order valence-corrected chi connectivity index (χ1v) is 25.7. The summed E-state index contributed by atoms with van der Waals surface area (Å²) in [5.41, 5.74) is 0. The third kappa shape index (κ3) is 42.6. The zero-order valence-electron chi connectivity index (χ0n) is 39.4. The van der Waals surface area contributed by atoms with Gasteiger partial charge in [-0.1, -0.05) is 218 Å². The summed E-state index contributed by atoms with van der Waals surface area (Å²) in [4.78, 5) is 26.1. The Morgan fingerprint density at radius 1 is 0.492 bits per heavy atom. The van der Waals surface area contributed by atoms with Gasteiger partial charge in [0.1, 0.15) is 6.10 Å². The minimum atomic E-state index is -0.799. The molecule has 0 fully saturated rings. The Hall–Kier alpha value is -1.92.